The number of phenolic OH excluding ortho intramolecular Hbond substituents is 1. The van der Waals surface area contributed by atoms with Crippen LogP contribution in [0.2, 0.25) is 0 Å². The summed E-state index contributed by atoms with van der Waals surface area (Å²) in [6.07, 6.45) is 1.16. The van der Waals surface area contributed by atoms with Crippen LogP contribution in [0.25, 0.3) is 0 Å². The Kier molecular flexibility index (Phi) is 3.84. The zero-order valence-electron chi connectivity index (χ0n) is 12.5. The first-order valence-electron chi connectivity index (χ1n) is 7.45. The van der Waals surface area contributed by atoms with Crippen LogP contribution in [0.1, 0.15) is 36.6 Å². The van der Waals surface area contributed by atoms with Gasteiger partial charge in [-0.3, -0.25) is 0 Å². The third-order valence-corrected chi connectivity index (χ3v) is 3.75. The van der Waals surface area contributed by atoms with E-state index in [2.05, 4.69) is 17.4 Å². The Hall–Kier alpha value is -2.00. The highest BCUT2D eigenvalue weighted by atomic mass is 16.5. The van der Waals surface area contributed by atoms with Crippen LogP contribution in [0.5, 0.6) is 11.5 Å². The quantitative estimate of drug-likeness (QED) is 0.907. The molecule has 3 heteroatoms. The molecule has 3 rings (SSSR count). The minimum Gasteiger partial charge on any atom is -0.508 e. The van der Waals surface area contributed by atoms with Gasteiger partial charge < -0.3 is 15.2 Å². The summed E-state index contributed by atoms with van der Waals surface area (Å²) in [5.41, 5.74) is 3.62. The first-order valence-corrected chi connectivity index (χ1v) is 7.45. The molecule has 2 aromatic rings. The zero-order chi connectivity index (χ0) is 14.8. The van der Waals surface area contributed by atoms with Crippen LogP contribution in [0.15, 0.2) is 42.5 Å². The van der Waals surface area contributed by atoms with Gasteiger partial charge in [0.25, 0.3) is 0 Å². The van der Waals surface area contributed by atoms with E-state index >= 15 is 0 Å². The molecule has 0 radical (unpaired) electrons. The van der Waals surface area contributed by atoms with Crippen molar-refractivity contribution >= 4 is 0 Å². The highest BCUT2D eigenvalue weighted by Crippen LogP contribution is 2.32. The van der Waals surface area contributed by atoms with Gasteiger partial charge in [-0.05, 0) is 61.2 Å². The van der Waals surface area contributed by atoms with Crippen LogP contribution in [-0.2, 0) is 6.42 Å². The summed E-state index contributed by atoms with van der Waals surface area (Å²) >= 11 is 0. The molecule has 0 saturated carbocycles. The van der Waals surface area contributed by atoms with Crippen molar-refractivity contribution in [2.75, 3.05) is 6.54 Å². The number of ether oxygens (including phenoxy) is 1. The lowest BCUT2D eigenvalue weighted by Gasteiger charge is -2.28. The number of rotatable bonds is 3. The fourth-order valence-corrected chi connectivity index (χ4v) is 2.88. The maximum Gasteiger partial charge on any atom is 0.120 e. The van der Waals surface area contributed by atoms with E-state index in [0.717, 1.165) is 24.3 Å². The number of aromatic hydroxyl groups is 1. The van der Waals surface area contributed by atoms with Crippen LogP contribution >= 0.6 is 0 Å². The second kappa shape index (κ2) is 5.78. The van der Waals surface area contributed by atoms with Crippen molar-refractivity contribution in [2.24, 2.45) is 0 Å². The Morgan fingerprint density at radius 2 is 2.05 bits per heavy atom. The van der Waals surface area contributed by atoms with Crippen LogP contribution in [0, 0.1) is 0 Å². The smallest absolute Gasteiger partial charge is 0.120 e. The van der Waals surface area contributed by atoms with Crippen LogP contribution < -0.4 is 10.1 Å². The van der Waals surface area contributed by atoms with E-state index in [1.165, 1.54) is 11.1 Å². The third-order valence-electron chi connectivity index (χ3n) is 3.75. The van der Waals surface area contributed by atoms with Gasteiger partial charge in [-0.25, -0.2) is 0 Å². The van der Waals surface area contributed by atoms with Gasteiger partial charge >= 0.3 is 0 Å². The molecule has 0 spiro atoms. The molecule has 2 N–H and O–H groups in total. The van der Waals surface area contributed by atoms with Crippen molar-refractivity contribution in [2.45, 2.75) is 32.4 Å². The van der Waals surface area contributed by atoms with Gasteiger partial charge in [0.15, 0.2) is 0 Å². The Morgan fingerprint density at radius 1 is 1.19 bits per heavy atom. The topological polar surface area (TPSA) is 41.5 Å². The number of hydrogen-bond acceptors (Lipinski definition) is 3. The Bertz CT molecular complexity index is 637. The Labute approximate surface area is 125 Å². The molecular formula is C18H21NO2. The van der Waals surface area contributed by atoms with Gasteiger partial charge in [-0.1, -0.05) is 18.2 Å². The summed E-state index contributed by atoms with van der Waals surface area (Å²) < 4.78 is 5.78. The second-order valence-electron chi connectivity index (χ2n) is 5.76. The number of fused-ring (bicyclic) bond motifs is 1. The van der Waals surface area contributed by atoms with Crippen molar-refractivity contribution in [1.82, 2.24) is 5.32 Å². The average Bonchev–Trinajstić information content (AvgIpc) is 2.46. The lowest BCUT2D eigenvalue weighted by Crippen LogP contribution is -2.30. The van der Waals surface area contributed by atoms with Crippen molar-refractivity contribution in [1.29, 1.82) is 0 Å². The summed E-state index contributed by atoms with van der Waals surface area (Å²) in [6, 6.07) is 13.9. The fourth-order valence-electron chi connectivity index (χ4n) is 2.88. The van der Waals surface area contributed by atoms with E-state index in [-0.39, 0.29) is 12.1 Å². The molecule has 0 aliphatic carbocycles. The molecule has 0 amide bonds. The van der Waals surface area contributed by atoms with Crippen molar-refractivity contribution in [3.05, 3.63) is 59.2 Å². The molecular weight excluding hydrogens is 262 g/mol. The predicted octanol–water partition coefficient (Wildman–Crippen LogP) is 3.41. The Morgan fingerprint density at radius 3 is 2.86 bits per heavy atom. The van der Waals surface area contributed by atoms with Crippen LogP contribution in [0.3, 0.4) is 0 Å². The van der Waals surface area contributed by atoms with E-state index in [1.807, 2.05) is 38.1 Å². The first-order chi connectivity index (χ1) is 10.1. The largest absolute Gasteiger partial charge is 0.508 e. The zero-order valence-corrected chi connectivity index (χ0v) is 12.5. The van der Waals surface area contributed by atoms with E-state index < -0.39 is 0 Å². The fraction of sp³-hybridized carbons (Fsp3) is 0.333. The van der Waals surface area contributed by atoms with Gasteiger partial charge in [-0.2, -0.15) is 0 Å². The maximum absolute atomic E-state index is 9.77. The summed E-state index contributed by atoms with van der Waals surface area (Å²) in [6.45, 7) is 5.00. The first kappa shape index (κ1) is 14.0. The van der Waals surface area contributed by atoms with E-state index in [4.69, 9.17) is 4.74 Å². The number of nitrogens with one attached hydrogen (secondary N) is 1. The van der Waals surface area contributed by atoms with Gasteiger partial charge in [0.05, 0.1) is 12.1 Å². The van der Waals surface area contributed by atoms with Gasteiger partial charge in [0.2, 0.25) is 0 Å². The number of benzene rings is 2. The van der Waals surface area contributed by atoms with Gasteiger partial charge in [-0.15, -0.1) is 0 Å². The summed E-state index contributed by atoms with van der Waals surface area (Å²) in [5.74, 6) is 1.20. The summed E-state index contributed by atoms with van der Waals surface area (Å²) in [7, 11) is 0. The van der Waals surface area contributed by atoms with Gasteiger partial charge in [0, 0.05) is 6.54 Å². The second-order valence-corrected chi connectivity index (χ2v) is 5.76. The minimum absolute atomic E-state index is 0.108. The molecule has 110 valence electrons. The molecule has 21 heavy (non-hydrogen) atoms. The standard InChI is InChI=1S/C18H21NO2/c1-12(2)21-16-5-3-4-14(10-16)18-17-11-15(20)7-6-13(17)8-9-19-18/h3-7,10-12,18-20H,8-9H2,1-2H3. The SMILES string of the molecule is CC(C)Oc1cccc(C2NCCc3ccc(O)cc32)c1. The van der Waals surface area contributed by atoms with Crippen molar-refractivity contribution < 1.29 is 9.84 Å². The molecule has 0 aromatic heterocycles. The number of hydrogen-bond donors (Lipinski definition) is 2. The highest BCUT2D eigenvalue weighted by molar-refractivity contribution is 5.44. The van der Waals surface area contributed by atoms with Crippen LogP contribution in [-0.4, -0.2) is 17.8 Å². The number of phenols is 1. The summed E-state index contributed by atoms with van der Waals surface area (Å²) in [4.78, 5) is 0. The average molecular weight is 283 g/mol. The highest BCUT2D eigenvalue weighted by Gasteiger charge is 2.22. The summed E-state index contributed by atoms with van der Waals surface area (Å²) in [5, 5.41) is 13.3. The van der Waals surface area contributed by atoms with Crippen molar-refractivity contribution in [3.8, 4) is 11.5 Å². The lowest BCUT2D eigenvalue weighted by atomic mass is 9.89. The van der Waals surface area contributed by atoms with E-state index in [0.29, 0.717) is 5.75 Å². The molecule has 0 fully saturated rings. The molecule has 1 atom stereocenters. The molecule has 2 aromatic carbocycles. The lowest BCUT2D eigenvalue weighted by molar-refractivity contribution is 0.242. The molecule has 1 aliphatic heterocycles. The normalized spacial score (nSPS) is 17.6. The molecule has 0 saturated heterocycles. The Balaban J connectivity index is 1.97. The maximum atomic E-state index is 9.77. The molecule has 1 aliphatic rings. The monoisotopic (exact) mass is 283 g/mol. The van der Waals surface area contributed by atoms with E-state index in [1.54, 1.807) is 6.07 Å². The van der Waals surface area contributed by atoms with E-state index in [9.17, 15) is 5.11 Å². The van der Waals surface area contributed by atoms with Crippen LogP contribution in [0.4, 0.5) is 0 Å². The molecule has 1 heterocycles. The van der Waals surface area contributed by atoms with Crippen molar-refractivity contribution in [3.63, 3.8) is 0 Å². The van der Waals surface area contributed by atoms with Gasteiger partial charge in [0.1, 0.15) is 11.5 Å². The minimum atomic E-state index is 0.108. The molecule has 0 bridgehead atoms. The predicted molar refractivity (Wildman–Crippen MR) is 83.9 cm³/mol. The third kappa shape index (κ3) is 3.03. The molecule has 3 nitrogen and oxygen atoms in total. The molecule has 1 unspecified atom stereocenters.